The second-order valence-corrected chi connectivity index (χ2v) is 41.2. The van der Waals surface area contributed by atoms with Crippen LogP contribution < -0.4 is 49.0 Å². The van der Waals surface area contributed by atoms with E-state index in [9.17, 15) is 0 Å². The Hall–Kier alpha value is -14.8. The molecule has 16 heteroatoms. The lowest BCUT2D eigenvalue weighted by molar-refractivity contribution is 0.319. The van der Waals surface area contributed by atoms with E-state index in [1.165, 1.54) is 153 Å². The number of hydrogen-bond donors (Lipinski definition) is 0. The van der Waals surface area contributed by atoms with Crippen LogP contribution in [0.2, 0.25) is 0 Å². The van der Waals surface area contributed by atoms with Gasteiger partial charge in [0.2, 0.25) is 5.95 Å². The molecule has 758 valence electrons. The summed E-state index contributed by atoms with van der Waals surface area (Å²) >= 11 is 0. The molecular weight excluding hydrogens is 1770 g/mol. The highest BCUT2D eigenvalue weighted by atomic mass is 15.5. The molecule has 0 N–H and O–H groups in total. The van der Waals surface area contributed by atoms with E-state index in [0.29, 0.717) is 17.8 Å². The lowest BCUT2D eigenvalue weighted by atomic mass is 9.90. The Bertz CT molecular complexity index is 6870. The molecule has 0 saturated carbocycles. The highest BCUT2D eigenvalue weighted by Gasteiger charge is 2.50. The standard InChI is InChI=1S/C28H28N4.C26H31N3.C25H29N3.C24H27N3.C22H31N3.4CH4/c1-20-12-11-13-21(2)25(20)27-31(28-29-18-19-30(28)4)22(3)26(23-14-7-5-8-15-23)32(27)24-16-9-6-10-17-24;1-18(2)25-21(5)28(23-16-11-17-27(23)6)26(24-19(3)12-10-13-20(24)4)29(25)22-14-8-7-9-15-22;1-19-23(20-13-8-6-9-14-20)28(21-15-10-7-11-16-21)24(25(2,3)4)27(19)22-17-12-18-26(22)5;1-18(2)23-19(3)26(22-16-11-17-25(22)4)24(20-12-7-5-8-13-20)27(23)21-14-9-6-10-15-21;1-16(2)20-17(3)24(19-14-11-15-23(19)7)21(22(4,5)6)25(20)18-12-9-8-10-13-18;;;;/h5-19,27H,1-4H3;7-18,26H,1-6H3;6-18,24H,1-5H3;5-18,24H,1-4H3;8-16,21H,1-7H3;4*1H4. The first-order chi connectivity index (χ1) is 67.7. The minimum absolute atomic E-state index is 0. The molecule has 5 aromatic heterocycles. The molecule has 5 aliphatic rings. The van der Waals surface area contributed by atoms with Gasteiger partial charge in [-0.3, -0.25) is 4.90 Å². The zero-order valence-electron chi connectivity index (χ0n) is 87.9. The van der Waals surface area contributed by atoms with Crippen LogP contribution in [-0.4, -0.2) is 40.2 Å². The second kappa shape index (κ2) is 46.3. The molecule has 20 rings (SSSR count). The van der Waals surface area contributed by atoms with Crippen LogP contribution in [0.4, 0.5) is 57.7 Å². The third kappa shape index (κ3) is 21.6. The van der Waals surface area contributed by atoms with Crippen molar-refractivity contribution in [3.05, 3.63) is 460 Å². The van der Waals surface area contributed by atoms with Gasteiger partial charge in [0, 0.05) is 168 Å². The molecule has 0 aliphatic carbocycles. The second-order valence-electron chi connectivity index (χ2n) is 41.2. The number of anilines is 10. The van der Waals surface area contributed by atoms with Crippen molar-refractivity contribution in [2.45, 2.75) is 206 Å². The Morgan fingerprint density at radius 1 is 0.234 bits per heavy atom. The summed E-state index contributed by atoms with van der Waals surface area (Å²) in [5.74, 6) is 7.09. The molecular formula is C129H162N16. The molecule has 15 aromatic rings. The maximum absolute atomic E-state index is 4.77. The Morgan fingerprint density at radius 3 is 0.821 bits per heavy atom. The van der Waals surface area contributed by atoms with Crippen molar-refractivity contribution in [2.24, 2.45) is 63.8 Å². The number of aromatic nitrogens is 6. The minimum atomic E-state index is -0.0464. The molecule has 10 aromatic carbocycles. The summed E-state index contributed by atoms with van der Waals surface area (Å²) in [6, 6.07) is 117. The number of nitrogens with zero attached hydrogens (tertiary/aromatic N) is 16. The van der Waals surface area contributed by atoms with Gasteiger partial charge in [-0.25, -0.2) is 4.98 Å². The van der Waals surface area contributed by atoms with E-state index in [1.807, 2.05) is 12.4 Å². The summed E-state index contributed by atoms with van der Waals surface area (Å²) in [6.45, 7) is 47.8. The zero-order chi connectivity index (χ0) is 100. The van der Waals surface area contributed by atoms with Gasteiger partial charge < -0.3 is 66.9 Å². The zero-order valence-corrected chi connectivity index (χ0v) is 87.9. The van der Waals surface area contributed by atoms with E-state index in [-0.39, 0.29) is 71.4 Å². The Labute approximate surface area is 870 Å². The monoisotopic (exact) mass is 1940 g/mol. The number of rotatable bonds is 18. The fourth-order valence-electron chi connectivity index (χ4n) is 22.2. The third-order valence-electron chi connectivity index (χ3n) is 28.1. The molecule has 5 atom stereocenters. The first-order valence-electron chi connectivity index (χ1n) is 50.1. The van der Waals surface area contributed by atoms with Gasteiger partial charge in [-0.2, -0.15) is 0 Å². The van der Waals surface area contributed by atoms with Crippen LogP contribution >= 0.6 is 0 Å². The molecule has 0 radical (unpaired) electrons. The summed E-state index contributed by atoms with van der Waals surface area (Å²) in [6.07, 6.45) is 12.9. The summed E-state index contributed by atoms with van der Waals surface area (Å²) in [5, 5.41) is 0. The fraction of sp³-hybridized carbons (Fsp3) is 0.310. The normalized spacial score (nSPS) is 16.8. The van der Waals surface area contributed by atoms with E-state index < -0.39 is 0 Å². The first-order valence-corrected chi connectivity index (χ1v) is 50.1. The lowest BCUT2D eigenvalue weighted by Crippen LogP contribution is -2.50. The molecule has 0 bridgehead atoms. The van der Waals surface area contributed by atoms with E-state index in [2.05, 4.69) is 605 Å². The Balaban J connectivity index is 0.000000161. The van der Waals surface area contributed by atoms with Gasteiger partial charge >= 0.3 is 0 Å². The quantitative estimate of drug-likeness (QED) is 0.0825. The SMILES string of the molecule is C.C.C.C.CC1=C(C(C)C)N(c2ccccc2)C(C(C)(C)C)N1c1cccn1C.CC1=C(C(C)C)N(c2ccccc2)C(c2c(C)cccc2C)N1c1cccn1C.CC1=C(C(C)C)N(c2ccccc2)C(c2ccccc2)N1c1cccn1C.CC1=C(c2ccccc2)N(c2ccccc2)C(C(C)(C)C)N1c1cccn1C.CC1=C(c2ccccc2)N(c2ccccc2)C(c2c(C)cccc2C)N1c1nccn1C. The molecule has 16 nitrogen and oxygen atoms in total. The van der Waals surface area contributed by atoms with Crippen molar-refractivity contribution < 1.29 is 0 Å². The molecule has 0 spiro atoms. The molecule has 10 heterocycles. The van der Waals surface area contributed by atoms with Crippen molar-refractivity contribution in [1.82, 2.24) is 27.8 Å². The highest BCUT2D eigenvalue weighted by Crippen LogP contribution is 2.55. The van der Waals surface area contributed by atoms with Gasteiger partial charge in [-0.05, 0) is 228 Å². The van der Waals surface area contributed by atoms with E-state index in [4.69, 9.17) is 4.98 Å². The predicted octanol–water partition coefficient (Wildman–Crippen LogP) is 33.2. The summed E-state index contributed by atoms with van der Waals surface area (Å²) < 4.78 is 10.9. The highest BCUT2D eigenvalue weighted by molar-refractivity contribution is 5.91. The van der Waals surface area contributed by atoms with Crippen LogP contribution in [0.3, 0.4) is 0 Å². The number of para-hydroxylation sites is 5. The van der Waals surface area contributed by atoms with Crippen LogP contribution in [0, 0.1) is 56.3 Å². The first kappa shape index (κ1) is 109. The van der Waals surface area contributed by atoms with Gasteiger partial charge in [-0.1, -0.05) is 331 Å². The van der Waals surface area contributed by atoms with Gasteiger partial charge in [0.15, 0.2) is 0 Å². The van der Waals surface area contributed by atoms with Crippen LogP contribution in [0.5, 0.6) is 0 Å². The summed E-state index contributed by atoms with van der Waals surface area (Å²) in [4.78, 5) is 29.7. The molecule has 0 fully saturated rings. The largest absolute Gasteiger partial charge is 0.337 e. The van der Waals surface area contributed by atoms with Crippen LogP contribution in [0.25, 0.3) is 11.4 Å². The average Bonchev–Trinajstić information content (AvgIpc) is 1.57. The van der Waals surface area contributed by atoms with Crippen molar-refractivity contribution in [3.63, 3.8) is 0 Å². The summed E-state index contributed by atoms with van der Waals surface area (Å²) in [7, 11) is 10.6. The molecule has 0 amide bonds. The van der Waals surface area contributed by atoms with Crippen molar-refractivity contribution >= 4 is 69.1 Å². The number of aryl methyl sites for hydroxylation is 9. The third-order valence-corrected chi connectivity index (χ3v) is 28.1. The Kier molecular flexibility index (Phi) is 34.8. The fourth-order valence-corrected chi connectivity index (χ4v) is 22.2. The van der Waals surface area contributed by atoms with Gasteiger partial charge in [0.25, 0.3) is 0 Å². The van der Waals surface area contributed by atoms with Crippen molar-refractivity contribution in [2.75, 3.05) is 49.0 Å². The maximum Gasteiger partial charge on any atom is 0.211 e. The number of benzene rings is 10. The van der Waals surface area contributed by atoms with Crippen LogP contribution in [0.1, 0.15) is 216 Å². The minimum Gasteiger partial charge on any atom is -0.337 e. The van der Waals surface area contributed by atoms with Crippen molar-refractivity contribution in [3.8, 4) is 0 Å². The Morgan fingerprint density at radius 2 is 0.497 bits per heavy atom. The lowest BCUT2D eigenvalue weighted by Gasteiger charge is -2.43. The smallest absolute Gasteiger partial charge is 0.211 e. The van der Waals surface area contributed by atoms with Crippen LogP contribution in [0.15, 0.2) is 410 Å². The summed E-state index contributed by atoms with van der Waals surface area (Å²) in [5.41, 5.74) is 30.9. The topological polar surface area (TPSA) is 69.9 Å². The molecule has 5 unspecified atom stereocenters. The predicted molar refractivity (Wildman–Crippen MR) is 622 cm³/mol. The van der Waals surface area contributed by atoms with E-state index in [1.54, 1.807) is 0 Å². The molecule has 145 heavy (non-hydrogen) atoms. The maximum atomic E-state index is 4.77. The molecule has 5 aliphatic heterocycles. The van der Waals surface area contributed by atoms with E-state index >= 15 is 0 Å². The number of allylic oxidation sites excluding steroid dienone is 8. The number of imidazole rings is 1. The number of hydrogen-bond acceptors (Lipinski definition) is 11. The average molecular weight is 1940 g/mol. The van der Waals surface area contributed by atoms with Gasteiger partial charge in [0.05, 0.1) is 11.4 Å². The molecule has 0 saturated heterocycles. The van der Waals surface area contributed by atoms with Crippen LogP contribution in [-0.2, 0) is 35.2 Å². The van der Waals surface area contributed by atoms with Gasteiger partial charge in [-0.15, -0.1) is 0 Å². The van der Waals surface area contributed by atoms with Gasteiger partial charge in [0.1, 0.15) is 54.1 Å². The van der Waals surface area contributed by atoms with E-state index in [0.717, 1.165) is 11.6 Å². The van der Waals surface area contributed by atoms with Crippen molar-refractivity contribution in [1.29, 1.82) is 0 Å².